The van der Waals surface area contributed by atoms with Gasteiger partial charge >= 0.3 is 0 Å². The van der Waals surface area contributed by atoms with Crippen LogP contribution in [0.5, 0.6) is 0 Å². The van der Waals surface area contributed by atoms with Crippen LogP contribution >= 0.6 is 0 Å². The van der Waals surface area contributed by atoms with Crippen LogP contribution in [0.15, 0.2) is 4.99 Å². The Bertz CT molecular complexity index is 323. The monoisotopic (exact) mass is 251 g/mol. The summed E-state index contributed by atoms with van der Waals surface area (Å²) in [6.07, 6.45) is 6.84. The summed E-state index contributed by atoms with van der Waals surface area (Å²) in [5, 5.41) is 0. The second-order valence-electron chi connectivity index (χ2n) is 5.79. The Balaban J connectivity index is 1.97. The summed E-state index contributed by atoms with van der Waals surface area (Å²) in [4.78, 5) is 20.7. The first-order valence-electron chi connectivity index (χ1n) is 7.01. The van der Waals surface area contributed by atoms with Gasteiger partial charge in [0.2, 0.25) is 5.91 Å². The van der Waals surface area contributed by atoms with E-state index in [9.17, 15) is 4.79 Å². The molecule has 1 aliphatic heterocycles. The molecule has 4 heteroatoms. The predicted octanol–water partition coefficient (Wildman–Crippen LogP) is 1.27. The lowest BCUT2D eigenvalue weighted by Crippen LogP contribution is -2.55. The van der Waals surface area contributed by atoms with Crippen LogP contribution in [0.25, 0.3) is 0 Å². The largest absolute Gasteiger partial charge is 0.342 e. The highest BCUT2D eigenvalue weighted by Crippen LogP contribution is 2.28. The van der Waals surface area contributed by atoms with Crippen LogP contribution in [0.1, 0.15) is 25.7 Å². The Morgan fingerprint density at radius 3 is 2.61 bits per heavy atom. The normalized spacial score (nSPS) is 30.4. The van der Waals surface area contributed by atoms with Crippen molar-refractivity contribution in [2.24, 2.45) is 16.8 Å². The average Bonchev–Trinajstić information content (AvgIpc) is 2.34. The summed E-state index contributed by atoms with van der Waals surface area (Å²) in [7, 11) is 5.87. The fourth-order valence-corrected chi connectivity index (χ4v) is 3.29. The highest BCUT2D eigenvalue weighted by atomic mass is 16.2. The molecule has 0 aromatic rings. The molecule has 0 spiro atoms. The molecule has 2 aliphatic rings. The van der Waals surface area contributed by atoms with Gasteiger partial charge in [0.25, 0.3) is 0 Å². The lowest BCUT2D eigenvalue weighted by atomic mass is 9.83. The van der Waals surface area contributed by atoms with Crippen molar-refractivity contribution in [3.05, 3.63) is 0 Å². The minimum absolute atomic E-state index is 0.223. The maximum absolute atomic E-state index is 12.4. The van der Waals surface area contributed by atoms with Gasteiger partial charge in [-0.2, -0.15) is 0 Å². The van der Waals surface area contributed by atoms with Gasteiger partial charge in [0, 0.05) is 45.4 Å². The average molecular weight is 251 g/mol. The van der Waals surface area contributed by atoms with E-state index in [4.69, 9.17) is 0 Å². The Labute approximate surface area is 110 Å². The van der Waals surface area contributed by atoms with E-state index >= 15 is 0 Å². The number of likely N-dealkylation sites (tertiary alicyclic amines) is 1. The Morgan fingerprint density at radius 2 is 2.00 bits per heavy atom. The first-order valence-corrected chi connectivity index (χ1v) is 7.01. The first kappa shape index (κ1) is 13.5. The van der Waals surface area contributed by atoms with Gasteiger partial charge in [-0.15, -0.1) is 0 Å². The Hall–Kier alpha value is -0.900. The first-order chi connectivity index (χ1) is 8.63. The quantitative estimate of drug-likeness (QED) is 0.708. The van der Waals surface area contributed by atoms with Gasteiger partial charge < -0.3 is 14.8 Å². The zero-order valence-corrected chi connectivity index (χ0v) is 11.8. The third-order valence-corrected chi connectivity index (χ3v) is 4.38. The molecule has 1 amide bonds. The van der Waals surface area contributed by atoms with E-state index < -0.39 is 0 Å². The molecule has 18 heavy (non-hydrogen) atoms. The summed E-state index contributed by atoms with van der Waals surface area (Å²) in [6, 6.07) is 0.362. The molecule has 2 rings (SSSR count). The van der Waals surface area contributed by atoms with E-state index in [2.05, 4.69) is 16.9 Å². The van der Waals surface area contributed by atoms with Crippen LogP contribution in [0.3, 0.4) is 0 Å². The molecule has 102 valence electrons. The van der Waals surface area contributed by atoms with Crippen LogP contribution in [0.2, 0.25) is 0 Å². The molecule has 4 nitrogen and oxygen atoms in total. The highest BCUT2D eigenvalue weighted by Gasteiger charge is 2.36. The van der Waals surface area contributed by atoms with Crippen molar-refractivity contribution < 1.29 is 4.79 Å². The number of rotatable bonds is 3. The third kappa shape index (κ3) is 2.74. The summed E-state index contributed by atoms with van der Waals surface area (Å²) in [5.41, 5.74) is 0. The molecule has 0 aromatic carbocycles. The molecule has 1 heterocycles. The standard InChI is InChI=1S/C14H25N3O/c1-15-8-11-6-4-5-7-13(11)17(3)14(18)12-9-16(2)10-12/h8,11-13H,4-7,9-10H2,1-3H3/b15-8+/t11?,13-/m0/s1. The van der Waals surface area contributed by atoms with E-state index in [1.807, 2.05) is 25.2 Å². The second-order valence-corrected chi connectivity index (χ2v) is 5.79. The predicted molar refractivity (Wildman–Crippen MR) is 73.9 cm³/mol. The lowest BCUT2D eigenvalue weighted by Gasteiger charge is -2.42. The van der Waals surface area contributed by atoms with E-state index in [1.54, 1.807) is 0 Å². The topological polar surface area (TPSA) is 35.9 Å². The van der Waals surface area contributed by atoms with Crippen LogP contribution in [-0.4, -0.2) is 62.2 Å². The van der Waals surface area contributed by atoms with E-state index in [-0.39, 0.29) is 5.92 Å². The Kier molecular flexibility index (Phi) is 4.38. The Morgan fingerprint density at radius 1 is 1.33 bits per heavy atom. The summed E-state index contributed by atoms with van der Waals surface area (Å²) in [5.74, 6) is 1.01. The van der Waals surface area contributed by atoms with Crippen molar-refractivity contribution in [2.45, 2.75) is 31.7 Å². The van der Waals surface area contributed by atoms with Crippen molar-refractivity contribution >= 4 is 12.1 Å². The van der Waals surface area contributed by atoms with E-state index in [0.717, 1.165) is 19.5 Å². The number of carbonyl (C=O) groups excluding carboxylic acids is 1. The molecular formula is C14H25N3O. The number of hydrogen-bond acceptors (Lipinski definition) is 3. The zero-order valence-electron chi connectivity index (χ0n) is 11.8. The maximum atomic E-state index is 12.4. The zero-order chi connectivity index (χ0) is 13.1. The van der Waals surface area contributed by atoms with Crippen LogP contribution in [0.4, 0.5) is 0 Å². The van der Waals surface area contributed by atoms with Gasteiger partial charge in [-0.25, -0.2) is 0 Å². The number of nitrogens with zero attached hydrogens (tertiary/aromatic N) is 3. The SMILES string of the molecule is C/N=C/C1CCCC[C@@H]1N(C)C(=O)C1CN(C)C1. The van der Waals surface area contributed by atoms with Crippen molar-refractivity contribution in [1.82, 2.24) is 9.80 Å². The van der Waals surface area contributed by atoms with Gasteiger partial charge in [-0.3, -0.25) is 4.79 Å². The molecule has 1 saturated heterocycles. The van der Waals surface area contributed by atoms with E-state index in [0.29, 0.717) is 17.9 Å². The fourth-order valence-electron chi connectivity index (χ4n) is 3.29. The number of amides is 1. The smallest absolute Gasteiger partial charge is 0.228 e. The highest BCUT2D eigenvalue weighted by molar-refractivity contribution is 5.81. The summed E-state index contributed by atoms with van der Waals surface area (Å²) >= 11 is 0. The van der Waals surface area contributed by atoms with Gasteiger partial charge in [0.15, 0.2) is 0 Å². The molecule has 1 unspecified atom stereocenters. The van der Waals surface area contributed by atoms with Crippen molar-refractivity contribution in [1.29, 1.82) is 0 Å². The van der Waals surface area contributed by atoms with Crippen LogP contribution < -0.4 is 0 Å². The van der Waals surface area contributed by atoms with Gasteiger partial charge in [0.05, 0.1) is 5.92 Å². The summed E-state index contributed by atoms with van der Waals surface area (Å²) < 4.78 is 0. The summed E-state index contributed by atoms with van der Waals surface area (Å²) in [6.45, 7) is 1.84. The molecule has 0 bridgehead atoms. The van der Waals surface area contributed by atoms with Crippen molar-refractivity contribution in [2.75, 3.05) is 34.2 Å². The number of carbonyl (C=O) groups is 1. The fraction of sp³-hybridized carbons (Fsp3) is 0.857. The van der Waals surface area contributed by atoms with Crippen LogP contribution in [-0.2, 0) is 4.79 Å². The molecule has 0 N–H and O–H groups in total. The molecule has 2 fully saturated rings. The third-order valence-electron chi connectivity index (χ3n) is 4.38. The lowest BCUT2D eigenvalue weighted by molar-refractivity contribution is -0.142. The second kappa shape index (κ2) is 5.83. The molecular weight excluding hydrogens is 226 g/mol. The van der Waals surface area contributed by atoms with Gasteiger partial charge in [0.1, 0.15) is 0 Å². The molecule has 1 aliphatic carbocycles. The van der Waals surface area contributed by atoms with Crippen molar-refractivity contribution in [3.8, 4) is 0 Å². The van der Waals surface area contributed by atoms with Gasteiger partial charge in [-0.05, 0) is 19.9 Å². The molecule has 2 atom stereocenters. The number of hydrogen-bond donors (Lipinski definition) is 0. The minimum Gasteiger partial charge on any atom is -0.342 e. The van der Waals surface area contributed by atoms with Crippen molar-refractivity contribution in [3.63, 3.8) is 0 Å². The number of aliphatic imine (C=N–C) groups is 1. The van der Waals surface area contributed by atoms with Crippen LogP contribution in [0, 0.1) is 11.8 Å². The maximum Gasteiger partial charge on any atom is 0.228 e. The molecule has 0 aromatic heterocycles. The molecule has 0 radical (unpaired) electrons. The van der Waals surface area contributed by atoms with Gasteiger partial charge in [-0.1, -0.05) is 12.8 Å². The minimum atomic E-state index is 0.223. The van der Waals surface area contributed by atoms with E-state index in [1.165, 1.54) is 19.3 Å². The molecule has 1 saturated carbocycles.